The van der Waals surface area contributed by atoms with Crippen molar-refractivity contribution in [2.24, 2.45) is 0 Å². The lowest BCUT2D eigenvalue weighted by molar-refractivity contribution is 0.0662. The van der Waals surface area contributed by atoms with Gasteiger partial charge < -0.3 is 13.7 Å². The summed E-state index contributed by atoms with van der Waals surface area (Å²) in [5, 5.41) is 0.623. The van der Waals surface area contributed by atoms with Crippen molar-refractivity contribution < 1.29 is 22.0 Å². The maximum Gasteiger partial charge on any atom is 0.349 e. The van der Waals surface area contributed by atoms with Crippen molar-refractivity contribution >= 4 is 26.7 Å². The minimum atomic E-state index is -3.21. The van der Waals surface area contributed by atoms with Gasteiger partial charge in [-0.25, -0.2) is 13.2 Å². The Morgan fingerprint density at radius 2 is 2.00 bits per heavy atom. The Hall–Kier alpha value is -2.87. The van der Waals surface area contributed by atoms with Crippen molar-refractivity contribution in [3.63, 3.8) is 0 Å². The predicted octanol–water partition coefficient (Wildman–Crippen LogP) is 2.22. The molecule has 1 aliphatic heterocycles. The Morgan fingerprint density at radius 3 is 2.70 bits per heavy atom. The fraction of sp³-hybridized carbons (Fsp3) is 0.263. The molecule has 1 fully saturated rings. The number of benzene rings is 1. The highest BCUT2D eigenvalue weighted by Crippen LogP contribution is 2.23. The quantitative estimate of drug-likeness (QED) is 0.637. The highest BCUT2D eigenvalue weighted by atomic mass is 32.2. The molecule has 0 N–H and O–H groups in total. The molecule has 0 aliphatic carbocycles. The third-order valence-corrected chi connectivity index (χ3v) is 6.44. The highest BCUT2D eigenvalue weighted by molar-refractivity contribution is 7.91. The van der Waals surface area contributed by atoms with Crippen LogP contribution in [0, 0.1) is 0 Å². The Balaban J connectivity index is 1.74. The van der Waals surface area contributed by atoms with Gasteiger partial charge in [-0.1, -0.05) is 18.2 Å². The predicted molar refractivity (Wildman–Crippen MR) is 98.1 cm³/mol. The molecule has 0 bridgehead atoms. The van der Waals surface area contributed by atoms with Crippen molar-refractivity contribution in [1.29, 1.82) is 0 Å². The van der Waals surface area contributed by atoms with Crippen molar-refractivity contribution in [3.8, 4) is 0 Å². The van der Waals surface area contributed by atoms with Gasteiger partial charge in [-0.05, 0) is 30.7 Å². The number of nitrogens with zero attached hydrogens (tertiary/aromatic N) is 1. The van der Waals surface area contributed by atoms with Crippen LogP contribution in [-0.4, -0.2) is 36.8 Å². The largest absolute Gasteiger partial charge is 0.467 e. The first-order valence-electron chi connectivity index (χ1n) is 8.50. The van der Waals surface area contributed by atoms with Gasteiger partial charge >= 0.3 is 5.63 Å². The summed E-state index contributed by atoms with van der Waals surface area (Å²) in [6, 6.07) is 11.3. The summed E-state index contributed by atoms with van der Waals surface area (Å²) < 4.78 is 34.4. The molecule has 140 valence electrons. The third-order valence-electron chi connectivity index (χ3n) is 4.69. The number of fused-ring (bicyclic) bond motifs is 1. The molecule has 1 saturated heterocycles. The van der Waals surface area contributed by atoms with Gasteiger partial charge in [0.2, 0.25) is 0 Å². The van der Waals surface area contributed by atoms with E-state index in [9.17, 15) is 18.0 Å². The van der Waals surface area contributed by atoms with Gasteiger partial charge in [0.15, 0.2) is 9.84 Å². The molecule has 3 aromatic rings. The minimum absolute atomic E-state index is 0.0198. The molecule has 0 spiro atoms. The highest BCUT2D eigenvalue weighted by Gasteiger charge is 2.36. The average Bonchev–Trinajstić information content (AvgIpc) is 3.27. The molecule has 0 radical (unpaired) electrons. The van der Waals surface area contributed by atoms with Crippen molar-refractivity contribution in [1.82, 2.24) is 4.90 Å². The molecule has 4 rings (SSSR count). The first kappa shape index (κ1) is 17.5. The zero-order chi connectivity index (χ0) is 19.0. The van der Waals surface area contributed by atoms with Crippen LogP contribution in [0.1, 0.15) is 22.5 Å². The standard InChI is InChI=1S/C19H17NO6S/c21-18(16-10-13-4-1-2-6-17(13)26-19(16)22)20(11-15-5-3-8-25-15)14-7-9-27(23,24)12-14/h1-6,8,10,14H,7,9,11-12H2/t14-/m1/s1. The second kappa shape index (κ2) is 6.70. The molecule has 2 aromatic heterocycles. The Labute approximate surface area is 155 Å². The van der Waals surface area contributed by atoms with Gasteiger partial charge in [-0.15, -0.1) is 0 Å². The van der Waals surface area contributed by atoms with E-state index in [4.69, 9.17) is 8.83 Å². The Bertz CT molecular complexity index is 1150. The van der Waals surface area contributed by atoms with E-state index in [0.29, 0.717) is 23.2 Å². The fourth-order valence-electron chi connectivity index (χ4n) is 3.32. The zero-order valence-electron chi connectivity index (χ0n) is 14.3. The summed E-state index contributed by atoms with van der Waals surface area (Å²) >= 11 is 0. The molecule has 7 nitrogen and oxygen atoms in total. The van der Waals surface area contributed by atoms with Gasteiger partial charge in [0.1, 0.15) is 16.9 Å². The number of amides is 1. The lowest BCUT2D eigenvalue weighted by atomic mass is 10.1. The van der Waals surface area contributed by atoms with Crippen LogP contribution in [-0.2, 0) is 16.4 Å². The first-order chi connectivity index (χ1) is 12.9. The van der Waals surface area contributed by atoms with E-state index in [1.165, 1.54) is 17.2 Å². The van der Waals surface area contributed by atoms with Crippen LogP contribution in [0.15, 0.2) is 62.4 Å². The molecule has 1 aromatic carbocycles. The van der Waals surface area contributed by atoms with E-state index in [2.05, 4.69) is 0 Å². The second-order valence-corrected chi connectivity index (χ2v) is 8.78. The van der Waals surface area contributed by atoms with Crippen molar-refractivity contribution in [3.05, 3.63) is 70.5 Å². The van der Waals surface area contributed by atoms with E-state index in [0.717, 1.165) is 0 Å². The normalized spacial score (nSPS) is 18.6. The maximum absolute atomic E-state index is 13.2. The van der Waals surface area contributed by atoms with Crippen LogP contribution >= 0.6 is 0 Å². The SMILES string of the molecule is O=C(c1cc2ccccc2oc1=O)N(Cc1ccco1)[C@@H]1CCS(=O)(=O)C1. The van der Waals surface area contributed by atoms with Crippen LogP contribution in [0.5, 0.6) is 0 Å². The lowest BCUT2D eigenvalue weighted by Crippen LogP contribution is -2.42. The molecular weight excluding hydrogens is 370 g/mol. The number of para-hydroxylation sites is 1. The summed E-state index contributed by atoms with van der Waals surface area (Å²) in [6.45, 7) is 0.0816. The molecule has 1 atom stereocenters. The molecule has 27 heavy (non-hydrogen) atoms. The number of rotatable bonds is 4. The van der Waals surface area contributed by atoms with Gasteiger partial charge in [-0.2, -0.15) is 0 Å². The topological polar surface area (TPSA) is 97.8 Å². The molecule has 0 unspecified atom stereocenters. The monoisotopic (exact) mass is 387 g/mol. The lowest BCUT2D eigenvalue weighted by Gasteiger charge is -2.27. The van der Waals surface area contributed by atoms with E-state index >= 15 is 0 Å². The van der Waals surface area contributed by atoms with E-state index in [1.807, 2.05) is 0 Å². The zero-order valence-corrected chi connectivity index (χ0v) is 15.1. The van der Waals surface area contributed by atoms with Crippen LogP contribution in [0.3, 0.4) is 0 Å². The molecular formula is C19H17NO6S. The number of carbonyl (C=O) groups excluding carboxylic acids is 1. The van der Waals surface area contributed by atoms with Gasteiger partial charge in [0.05, 0.1) is 24.3 Å². The van der Waals surface area contributed by atoms with Gasteiger partial charge in [0, 0.05) is 11.4 Å². The van der Waals surface area contributed by atoms with Crippen molar-refractivity contribution in [2.45, 2.75) is 19.0 Å². The van der Waals surface area contributed by atoms with E-state index in [-0.39, 0.29) is 23.6 Å². The van der Waals surface area contributed by atoms with Crippen LogP contribution in [0.4, 0.5) is 0 Å². The van der Waals surface area contributed by atoms with Crippen LogP contribution in [0.2, 0.25) is 0 Å². The second-order valence-electron chi connectivity index (χ2n) is 6.55. The molecule has 1 aliphatic rings. The maximum atomic E-state index is 13.2. The molecule has 1 amide bonds. The average molecular weight is 387 g/mol. The van der Waals surface area contributed by atoms with Crippen molar-refractivity contribution in [2.75, 3.05) is 11.5 Å². The smallest absolute Gasteiger partial charge is 0.349 e. The number of sulfone groups is 1. The summed E-state index contributed by atoms with van der Waals surface area (Å²) in [5.74, 6) is -0.157. The van der Waals surface area contributed by atoms with E-state index < -0.39 is 27.4 Å². The number of hydrogen-bond donors (Lipinski definition) is 0. The molecule has 3 heterocycles. The number of furan rings is 1. The van der Waals surface area contributed by atoms with Crippen LogP contribution in [0.25, 0.3) is 11.0 Å². The Morgan fingerprint density at radius 1 is 1.19 bits per heavy atom. The fourth-order valence-corrected chi connectivity index (χ4v) is 5.05. The molecule has 0 saturated carbocycles. The summed E-state index contributed by atoms with van der Waals surface area (Å²) in [6.07, 6.45) is 1.81. The Kier molecular flexibility index (Phi) is 4.35. The van der Waals surface area contributed by atoms with Gasteiger partial charge in [0.25, 0.3) is 5.91 Å². The summed E-state index contributed by atoms with van der Waals surface area (Å²) in [7, 11) is -3.21. The molecule has 8 heteroatoms. The summed E-state index contributed by atoms with van der Waals surface area (Å²) in [5.41, 5.74) is -0.478. The minimum Gasteiger partial charge on any atom is -0.467 e. The summed E-state index contributed by atoms with van der Waals surface area (Å²) in [4.78, 5) is 26.9. The van der Waals surface area contributed by atoms with Gasteiger partial charge in [-0.3, -0.25) is 4.79 Å². The number of carbonyl (C=O) groups is 1. The van der Waals surface area contributed by atoms with Crippen LogP contribution < -0.4 is 5.63 Å². The van der Waals surface area contributed by atoms with E-state index in [1.54, 1.807) is 36.4 Å². The first-order valence-corrected chi connectivity index (χ1v) is 10.3. The third kappa shape index (κ3) is 3.52. The number of hydrogen-bond acceptors (Lipinski definition) is 6.